The van der Waals surface area contributed by atoms with Crippen LogP contribution in [0, 0.1) is 0 Å². The molecule has 0 spiro atoms. The summed E-state index contributed by atoms with van der Waals surface area (Å²) in [6.07, 6.45) is 1.35. The van der Waals surface area contributed by atoms with Crippen molar-refractivity contribution in [3.63, 3.8) is 0 Å². The van der Waals surface area contributed by atoms with E-state index in [1.807, 2.05) is 0 Å². The second kappa shape index (κ2) is 6.53. The van der Waals surface area contributed by atoms with E-state index in [2.05, 4.69) is 4.98 Å². The fourth-order valence-corrected chi connectivity index (χ4v) is 3.07. The Kier molecular flexibility index (Phi) is 4.95. The van der Waals surface area contributed by atoms with Crippen LogP contribution < -0.4 is 0 Å². The molecule has 0 atom stereocenters. The van der Waals surface area contributed by atoms with E-state index < -0.39 is 10.0 Å². The lowest BCUT2D eigenvalue weighted by Gasteiger charge is -2.16. The van der Waals surface area contributed by atoms with E-state index in [0.717, 1.165) is 5.56 Å². The molecular weight excluding hydrogens is 312 g/mol. The monoisotopic (exact) mass is 326 g/mol. The zero-order chi connectivity index (χ0) is 15.5. The van der Waals surface area contributed by atoms with Crippen molar-refractivity contribution in [1.29, 1.82) is 0 Å². The van der Waals surface area contributed by atoms with E-state index in [-0.39, 0.29) is 18.2 Å². The van der Waals surface area contributed by atoms with Gasteiger partial charge in [0.15, 0.2) is 5.03 Å². The van der Waals surface area contributed by atoms with Crippen LogP contribution in [0.25, 0.3) is 0 Å². The molecule has 1 aromatic heterocycles. The Bertz CT molecular complexity index is 717. The Morgan fingerprint density at radius 2 is 2.00 bits per heavy atom. The maximum Gasteiger partial charge on any atom is 0.260 e. The first-order valence-electron chi connectivity index (χ1n) is 6.20. The van der Waals surface area contributed by atoms with Crippen LogP contribution in [0.3, 0.4) is 0 Å². The van der Waals surface area contributed by atoms with Crippen LogP contribution in [-0.2, 0) is 23.2 Å². The van der Waals surface area contributed by atoms with E-state index in [1.54, 1.807) is 24.3 Å². The Balaban J connectivity index is 2.21. The highest BCUT2D eigenvalue weighted by Crippen LogP contribution is 2.17. The van der Waals surface area contributed by atoms with Crippen LogP contribution in [-0.4, -0.2) is 29.9 Å². The second-order valence-electron chi connectivity index (χ2n) is 4.55. The Morgan fingerprint density at radius 1 is 1.24 bits per heavy atom. The van der Waals surface area contributed by atoms with Gasteiger partial charge in [0.2, 0.25) is 0 Å². The van der Waals surface area contributed by atoms with E-state index in [0.29, 0.717) is 10.6 Å². The normalized spacial score (nSPS) is 11.8. The highest BCUT2D eigenvalue weighted by molar-refractivity contribution is 7.89. The first-order valence-corrected chi connectivity index (χ1v) is 8.02. The van der Waals surface area contributed by atoms with Crippen molar-refractivity contribution in [2.75, 3.05) is 7.05 Å². The molecule has 7 heteroatoms. The third-order valence-corrected chi connectivity index (χ3v) is 4.90. The van der Waals surface area contributed by atoms with Gasteiger partial charge in [0.25, 0.3) is 10.0 Å². The molecule has 112 valence electrons. The molecule has 2 aromatic rings. The van der Waals surface area contributed by atoms with Crippen LogP contribution in [0.4, 0.5) is 0 Å². The molecule has 5 nitrogen and oxygen atoms in total. The first kappa shape index (κ1) is 15.9. The summed E-state index contributed by atoms with van der Waals surface area (Å²) in [6.45, 7) is 0.0258. The van der Waals surface area contributed by atoms with Crippen LogP contribution >= 0.6 is 11.6 Å². The van der Waals surface area contributed by atoms with Gasteiger partial charge in [0.05, 0.1) is 6.61 Å². The zero-order valence-electron chi connectivity index (χ0n) is 11.4. The lowest BCUT2D eigenvalue weighted by atomic mass is 10.2. The summed E-state index contributed by atoms with van der Waals surface area (Å²) in [6, 6.07) is 9.94. The highest BCUT2D eigenvalue weighted by atomic mass is 35.5. The number of benzene rings is 1. The van der Waals surface area contributed by atoms with Gasteiger partial charge in [-0.3, -0.25) is 0 Å². The Morgan fingerprint density at radius 3 is 2.57 bits per heavy atom. The Hall–Kier alpha value is -1.47. The third-order valence-electron chi connectivity index (χ3n) is 2.95. The average molecular weight is 327 g/mol. The van der Waals surface area contributed by atoms with Gasteiger partial charge >= 0.3 is 0 Å². The van der Waals surface area contributed by atoms with Gasteiger partial charge in [-0.2, -0.15) is 4.31 Å². The smallest absolute Gasteiger partial charge is 0.260 e. The molecular formula is C14H15ClN2O3S. The van der Waals surface area contributed by atoms with E-state index in [4.69, 9.17) is 16.7 Å². The maximum absolute atomic E-state index is 12.4. The molecule has 0 bridgehead atoms. The standard InChI is InChI=1S/C14H15ClN2O3S/c1-17(9-11-3-2-4-13(15)7-11)21(19,20)14-6-5-12(10-18)8-16-14/h2-8,18H,9-10H2,1H3. The van der Waals surface area contributed by atoms with Crippen molar-refractivity contribution in [2.45, 2.75) is 18.2 Å². The number of hydrogen-bond acceptors (Lipinski definition) is 4. The molecule has 1 heterocycles. The number of hydrogen-bond donors (Lipinski definition) is 1. The topological polar surface area (TPSA) is 70.5 Å². The average Bonchev–Trinajstić information content (AvgIpc) is 2.47. The SMILES string of the molecule is CN(Cc1cccc(Cl)c1)S(=O)(=O)c1ccc(CO)cn1. The molecule has 1 aromatic carbocycles. The molecule has 1 N–H and O–H groups in total. The number of aromatic nitrogens is 1. The summed E-state index contributed by atoms with van der Waals surface area (Å²) >= 11 is 5.89. The summed E-state index contributed by atoms with van der Waals surface area (Å²) in [5, 5.41) is 9.46. The van der Waals surface area contributed by atoms with E-state index >= 15 is 0 Å². The minimum Gasteiger partial charge on any atom is -0.392 e. The van der Waals surface area contributed by atoms with Crippen molar-refractivity contribution < 1.29 is 13.5 Å². The molecule has 0 saturated carbocycles. The van der Waals surface area contributed by atoms with Gasteiger partial charge in [-0.25, -0.2) is 13.4 Å². The molecule has 21 heavy (non-hydrogen) atoms. The second-order valence-corrected chi connectivity index (χ2v) is 6.98. The Labute approximate surface area is 128 Å². The van der Waals surface area contributed by atoms with Gasteiger partial charge in [-0.05, 0) is 29.3 Å². The minimum atomic E-state index is -3.68. The summed E-state index contributed by atoms with van der Waals surface area (Å²) < 4.78 is 26.0. The maximum atomic E-state index is 12.4. The molecule has 0 unspecified atom stereocenters. The number of nitrogens with zero attached hydrogens (tertiary/aromatic N) is 2. The van der Waals surface area contributed by atoms with Crippen molar-refractivity contribution >= 4 is 21.6 Å². The zero-order valence-corrected chi connectivity index (χ0v) is 13.0. The number of rotatable bonds is 5. The molecule has 0 aliphatic heterocycles. The van der Waals surface area contributed by atoms with Crippen molar-refractivity contribution in [3.8, 4) is 0 Å². The quantitative estimate of drug-likeness (QED) is 0.913. The summed E-state index contributed by atoms with van der Waals surface area (Å²) in [7, 11) is -2.19. The predicted octanol–water partition coefficient (Wildman–Crippen LogP) is 2.05. The van der Waals surface area contributed by atoms with Gasteiger partial charge in [0.1, 0.15) is 0 Å². The number of aliphatic hydroxyl groups is 1. The van der Waals surface area contributed by atoms with Crippen LogP contribution in [0.1, 0.15) is 11.1 Å². The first-order chi connectivity index (χ1) is 9.93. The number of sulfonamides is 1. The highest BCUT2D eigenvalue weighted by Gasteiger charge is 2.22. The molecule has 0 aliphatic rings. The summed E-state index contributed by atoms with van der Waals surface area (Å²) in [5.74, 6) is 0. The van der Waals surface area contributed by atoms with Gasteiger partial charge < -0.3 is 5.11 Å². The molecule has 0 aliphatic carbocycles. The van der Waals surface area contributed by atoms with Crippen molar-refractivity contribution in [2.24, 2.45) is 0 Å². The van der Waals surface area contributed by atoms with Crippen LogP contribution in [0.15, 0.2) is 47.6 Å². The lowest BCUT2D eigenvalue weighted by Crippen LogP contribution is -2.27. The molecule has 2 rings (SSSR count). The molecule has 0 amide bonds. The van der Waals surface area contributed by atoms with E-state index in [1.165, 1.54) is 29.7 Å². The van der Waals surface area contributed by atoms with Crippen LogP contribution in [0.2, 0.25) is 5.02 Å². The van der Waals surface area contributed by atoms with Crippen molar-refractivity contribution in [3.05, 3.63) is 58.7 Å². The fraction of sp³-hybridized carbons (Fsp3) is 0.214. The molecule has 0 saturated heterocycles. The third kappa shape index (κ3) is 3.79. The fourth-order valence-electron chi connectivity index (χ4n) is 1.79. The van der Waals surface area contributed by atoms with Gasteiger partial charge in [-0.15, -0.1) is 0 Å². The van der Waals surface area contributed by atoms with Gasteiger partial charge in [-0.1, -0.05) is 29.8 Å². The number of aliphatic hydroxyl groups excluding tert-OH is 1. The van der Waals surface area contributed by atoms with Crippen molar-refractivity contribution in [1.82, 2.24) is 9.29 Å². The number of pyridine rings is 1. The minimum absolute atomic E-state index is 0.0516. The number of halogens is 1. The lowest BCUT2D eigenvalue weighted by molar-refractivity contribution is 0.281. The molecule has 0 fully saturated rings. The summed E-state index contributed by atoms with van der Waals surface area (Å²) in [5.41, 5.74) is 1.35. The predicted molar refractivity (Wildman–Crippen MR) is 80.3 cm³/mol. The molecule has 0 radical (unpaired) electrons. The summed E-state index contributed by atoms with van der Waals surface area (Å²) in [4.78, 5) is 3.89. The van der Waals surface area contributed by atoms with Gasteiger partial charge in [0, 0.05) is 24.8 Å². The largest absolute Gasteiger partial charge is 0.392 e. The van der Waals surface area contributed by atoms with E-state index in [9.17, 15) is 8.42 Å². The van der Waals surface area contributed by atoms with Crippen LogP contribution in [0.5, 0.6) is 0 Å².